The van der Waals surface area contributed by atoms with E-state index in [-0.39, 0.29) is 37.4 Å². The Morgan fingerprint density at radius 3 is 2.68 bits per heavy atom. The van der Waals surface area contributed by atoms with E-state index in [4.69, 9.17) is 0 Å². The average molecular weight is 477 g/mol. The van der Waals surface area contributed by atoms with E-state index in [1.165, 1.54) is 39.8 Å². The SMILES string of the molecule is CN1C(=O)C(NC(=O)c2ncn(Cc3ccc(F)c(F)c3)n2)CCn2nc(C3CC3(F)F)cc21. The predicted octanol–water partition coefficient (Wildman–Crippen LogP) is 2.09. The van der Waals surface area contributed by atoms with E-state index in [2.05, 4.69) is 20.5 Å². The van der Waals surface area contributed by atoms with Crippen LogP contribution in [-0.4, -0.2) is 55.4 Å². The summed E-state index contributed by atoms with van der Waals surface area (Å²) < 4.78 is 56.1. The standard InChI is InChI=1S/C21H19F4N7O2/c1-30-17-7-16(12-8-21(12,24)25)28-32(17)5-4-15(20(30)34)27-19(33)18-26-10-31(29-18)9-11-2-3-13(22)14(23)6-11/h2-3,6-7,10,12,15H,4-5,8-9H2,1H3,(H,27,33). The molecule has 1 saturated carbocycles. The maximum atomic E-state index is 13.4. The molecular formula is C21H19F4N7O2. The Balaban J connectivity index is 1.25. The molecule has 0 saturated heterocycles. The maximum Gasteiger partial charge on any atom is 0.291 e. The summed E-state index contributed by atoms with van der Waals surface area (Å²) in [7, 11) is 1.49. The number of aryl methyl sites for hydroxylation is 1. The number of halogens is 4. The quantitative estimate of drug-likeness (QED) is 0.568. The van der Waals surface area contributed by atoms with Gasteiger partial charge in [0, 0.05) is 26.1 Å². The van der Waals surface area contributed by atoms with E-state index in [0.717, 1.165) is 12.1 Å². The van der Waals surface area contributed by atoms with Crippen molar-refractivity contribution < 1.29 is 27.2 Å². The summed E-state index contributed by atoms with van der Waals surface area (Å²) in [6.45, 7) is 0.304. The van der Waals surface area contributed by atoms with Crippen LogP contribution in [0.1, 0.15) is 40.6 Å². The highest BCUT2D eigenvalue weighted by atomic mass is 19.3. The van der Waals surface area contributed by atoms with Crippen LogP contribution < -0.4 is 10.2 Å². The molecule has 2 aliphatic rings. The lowest BCUT2D eigenvalue weighted by atomic mass is 10.2. The molecule has 9 nitrogen and oxygen atoms in total. The zero-order chi connectivity index (χ0) is 24.2. The molecule has 0 radical (unpaired) electrons. The summed E-state index contributed by atoms with van der Waals surface area (Å²) in [6.07, 6.45) is 1.21. The van der Waals surface area contributed by atoms with E-state index in [1.54, 1.807) is 0 Å². The number of benzene rings is 1. The van der Waals surface area contributed by atoms with Crippen molar-refractivity contribution in [1.82, 2.24) is 29.9 Å². The molecule has 178 valence electrons. The van der Waals surface area contributed by atoms with Crippen LogP contribution in [0.3, 0.4) is 0 Å². The lowest BCUT2D eigenvalue weighted by Crippen LogP contribution is -2.47. The smallest absolute Gasteiger partial charge is 0.291 e. The second-order valence-electron chi connectivity index (χ2n) is 8.39. The van der Waals surface area contributed by atoms with Crippen LogP contribution in [0.5, 0.6) is 0 Å². The number of carbonyl (C=O) groups is 2. The summed E-state index contributed by atoms with van der Waals surface area (Å²) in [4.78, 5) is 30.8. The summed E-state index contributed by atoms with van der Waals surface area (Å²) in [5, 5.41) is 10.9. The van der Waals surface area contributed by atoms with Gasteiger partial charge in [0.05, 0.1) is 18.2 Å². The van der Waals surface area contributed by atoms with Crippen molar-refractivity contribution in [1.29, 1.82) is 0 Å². The van der Waals surface area contributed by atoms with Crippen molar-refractivity contribution >= 4 is 17.6 Å². The Hall–Kier alpha value is -3.77. The van der Waals surface area contributed by atoms with E-state index < -0.39 is 41.3 Å². The molecule has 1 N–H and O–H groups in total. The Morgan fingerprint density at radius 2 is 1.97 bits per heavy atom. The number of hydrogen-bond acceptors (Lipinski definition) is 5. The molecule has 1 aliphatic carbocycles. The van der Waals surface area contributed by atoms with Crippen LogP contribution in [0.25, 0.3) is 0 Å². The number of fused-ring (bicyclic) bond motifs is 1. The van der Waals surface area contributed by atoms with Crippen LogP contribution in [-0.2, 0) is 17.9 Å². The van der Waals surface area contributed by atoms with Crippen molar-refractivity contribution in [3.05, 3.63) is 59.3 Å². The minimum Gasteiger partial charge on any atom is -0.337 e. The molecule has 1 fully saturated rings. The van der Waals surface area contributed by atoms with Crippen LogP contribution >= 0.6 is 0 Å². The highest BCUT2D eigenvalue weighted by Crippen LogP contribution is 2.55. The first-order valence-corrected chi connectivity index (χ1v) is 10.5. The second kappa shape index (κ2) is 7.92. The second-order valence-corrected chi connectivity index (χ2v) is 8.39. The van der Waals surface area contributed by atoms with Gasteiger partial charge < -0.3 is 5.32 Å². The molecule has 5 rings (SSSR count). The molecular weight excluding hydrogens is 458 g/mol. The number of carbonyl (C=O) groups excluding carboxylic acids is 2. The maximum absolute atomic E-state index is 13.4. The molecule has 3 heterocycles. The third-order valence-electron chi connectivity index (χ3n) is 5.94. The molecule has 3 aromatic rings. The molecule has 2 unspecified atom stereocenters. The summed E-state index contributed by atoms with van der Waals surface area (Å²) in [5.41, 5.74) is 0.673. The van der Waals surface area contributed by atoms with Gasteiger partial charge in [-0.1, -0.05) is 6.07 Å². The lowest BCUT2D eigenvalue weighted by molar-refractivity contribution is -0.120. The molecule has 34 heavy (non-hydrogen) atoms. The van der Waals surface area contributed by atoms with Gasteiger partial charge in [-0.15, -0.1) is 5.10 Å². The summed E-state index contributed by atoms with van der Waals surface area (Å²) >= 11 is 0. The fourth-order valence-corrected chi connectivity index (χ4v) is 3.94. The number of likely N-dealkylation sites (N-methyl/N-ethyl adjacent to an activating group) is 1. The van der Waals surface area contributed by atoms with Gasteiger partial charge >= 0.3 is 0 Å². The van der Waals surface area contributed by atoms with E-state index >= 15 is 0 Å². The molecule has 1 aliphatic heterocycles. The van der Waals surface area contributed by atoms with E-state index in [1.807, 2.05) is 0 Å². The normalized spacial score (nSPS) is 21.2. The topological polar surface area (TPSA) is 97.9 Å². The molecule has 0 spiro atoms. The number of alkyl halides is 2. The fraction of sp³-hybridized carbons (Fsp3) is 0.381. The molecule has 2 amide bonds. The fourth-order valence-electron chi connectivity index (χ4n) is 3.94. The van der Waals surface area contributed by atoms with Gasteiger partial charge in [0.25, 0.3) is 17.7 Å². The Morgan fingerprint density at radius 1 is 1.21 bits per heavy atom. The van der Waals surface area contributed by atoms with Crippen LogP contribution in [0, 0.1) is 11.6 Å². The minimum atomic E-state index is -2.76. The van der Waals surface area contributed by atoms with E-state index in [0.29, 0.717) is 11.4 Å². The Bertz CT molecular complexity index is 1290. The Kier molecular flexibility index (Phi) is 5.14. The Labute approximate surface area is 190 Å². The molecule has 1 aromatic carbocycles. The summed E-state index contributed by atoms with van der Waals surface area (Å²) in [5.74, 6) is -6.59. The van der Waals surface area contributed by atoms with Gasteiger partial charge in [0.15, 0.2) is 11.6 Å². The average Bonchev–Trinajstić information content (AvgIpc) is 3.14. The first-order valence-electron chi connectivity index (χ1n) is 10.5. The first-order chi connectivity index (χ1) is 16.1. The van der Waals surface area contributed by atoms with Crippen LogP contribution in [0.4, 0.5) is 23.4 Å². The van der Waals surface area contributed by atoms with E-state index in [9.17, 15) is 27.2 Å². The van der Waals surface area contributed by atoms with Crippen molar-refractivity contribution in [2.24, 2.45) is 0 Å². The number of rotatable bonds is 5. The number of hydrogen-bond donors (Lipinski definition) is 1. The van der Waals surface area contributed by atoms with Gasteiger partial charge in [0.1, 0.15) is 18.2 Å². The number of amides is 2. The van der Waals surface area contributed by atoms with Crippen LogP contribution in [0.15, 0.2) is 30.6 Å². The van der Waals surface area contributed by atoms with Gasteiger partial charge in [-0.3, -0.25) is 14.5 Å². The predicted molar refractivity (Wildman–Crippen MR) is 109 cm³/mol. The molecule has 2 atom stereocenters. The zero-order valence-electron chi connectivity index (χ0n) is 17.9. The van der Waals surface area contributed by atoms with Crippen molar-refractivity contribution in [3.8, 4) is 0 Å². The highest BCUT2D eigenvalue weighted by molar-refractivity contribution is 6.00. The zero-order valence-corrected chi connectivity index (χ0v) is 17.9. The largest absolute Gasteiger partial charge is 0.337 e. The van der Waals surface area contributed by atoms with Crippen molar-refractivity contribution in [2.75, 3.05) is 11.9 Å². The monoisotopic (exact) mass is 477 g/mol. The number of anilines is 1. The first kappa shape index (κ1) is 22.0. The van der Waals surface area contributed by atoms with Gasteiger partial charge in [-0.2, -0.15) is 5.10 Å². The number of nitrogens with one attached hydrogen (secondary N) is 1. The summed E-state index contributed by atoms with van der Waals surface area (Å²) in [6, 6.07) is 3.99. The minimum absolute atomic E-state index is 0.0616. The van der Waals surface area contributed by atoms with Crippen molar-refractivity contribution in [3.63, 3.8) is 0 Å². The van der Waals surface area contributed by atoms with Gasteiger partial charge in [-0.25, -0.2) is 31.9 Å². The van der Waals surface area contributed by atoms with Gasteiger partial charge in [-0.05, 0) is 24.1 Å². The number of aromatic nitrogens is 5. The van der Waals surface area contributed by atoms with Crippen LogP contribution in [0.2, 0.25) is 0 Å². The highest BCUT2D eigenvalue weighted by Gasteiger charge is 2.59. The third-order valence-corrected chi connectivity index (χ3v) is 5.94. The lowest BCUT2D eigenvalue weighted by Gasteiger charge is -2.19. The molecule has 13 heteroatoms. The molecule has 2 aromatic heterocycles. The molecule has 0 bridgehead atoms. The van der Waals surface area contributed by atoms with Crippen molar-refractivity contribution in [2.45, 2.75) is 43.8 Å². The third kappa shape index (κ3) is 4.01. The van der Waals surface area contributed by atoms with Gasteiger partial charge in [0.2, 0.25) is 5.82 Å². The number of nitrogens with zero attached hydrogens (tertiary/aromatic N) is 6.